The van der Waals surface area contributed by atoms with Crippen LogP contribution in [0.4, 0.5) is 10.1 Å². The molecule has 0 spiro atoms. The highest BCUT2D eigenvalue weighted by Crippen LogP contribution is 2.28. The summed E-state index contributed by atoms with van der Waals surface area (Å²) in [5, 5.41) is 12.2. The molecule has 0 heterocycles. The average molecular weight is 465 g/mol. The van der Waals surface area contributed by atoms with Crippen LogP contribution in [0.15, 0.2) is 71.2 Å². The molecule has 4 nitrogen and oxygen atoms in total. The predicted molar refractivity (Wildman–Crippen MR) is 119 cm³/mol. The number of nitrogens with zero attached hydrogens (tertiary/aromatic N) is 1. The number of rotatable bonds is 6. The minimum atomic E-state index is -0.455. The maximum atomic E-state index is 14.0. The Balaban J connectivity index is 1.67. The zero-order valence-electron chi connectivity index (χ0n) is 16.2. The summed E-state index contributed by atoms with van der Waals surface area (Å²) in [5.41, 5.74) is 2.95. The van der Waals surface area contributed by atoms with E-state index in [1.165, 1.54) is 6.07 Å². The maximum absolute atomic E-state index is 14.0. The van der Waals surface area contributed by atoms with Crippen molar-refractivity contribution in [2.24, 2.45) is 0 Å². The smallest absolute Gasteiger partial charge is 0.262 e. The van der Waals surface area contributed by atoms with Crippen LogP contribution in [-0.4, -0.2) is 12.5 Å². The van der Waals surface area contributed by atoms with Gasteiger partial charge < -0.3 is 10.1 Å². The van der Waals surface area contributed by atoms with E-state index < -0.39 is 5.82 Å². The number of nitrogens with one attached hydrogen (secondary N) is 1. The highest BCUT2D eigenvalue weighted by atomic mass is 79.9. The Bertz CT molecular complexity index is 1130. The molecular weight excluding hydrogens is 447 g/mol. The number of nitriles is 1. The van der Waals surface area contributed by atoms with Crippen molar-refractivity contribution in [3.63, 3.8) is 0 Å². The van der Waals surface area contributed by atoms with Gasteiger partial charge in [-0.1, -0.05) is 42.0 Å². The first-order valence-corrected chi connectivity index (χ1v) is 9.91. The van der Waals surface area contributed by atoms with Crippen molar-refractivity contribution in [1.82, 2.24) is 0 Å². The molecule has 0 aliphatic heterocycles. The Morgan fingerprint density at radius 2 is 1.90 bits per heavy atom. The predicted octanol–water partition coefficient (Wildman–Crippen LogP) is 5.98. The summed E-state index contributed by atoms with van der Waals surface area (Å²) in [4.78, 5) is 12.1. The number of halogens is 2. The Morgan fingerprint density at radius 3 is 2.57 bits per heavy atom. The van der Waals surface area contributed by atoms with E-state index in [0.29, 0.717) is 21.5 Å². The number of hydrogen-bond acceptors (Lipinski definition) is 3. The summed E-state index contributed by atoms with van der Waals surface area (Å²) < 4.78 is 20.2. The highest BCUT2D eigenvalue weighted by Gasteiger charge is 2.09. The molecular formula is C24H18BrFN2O2. The topological polar surface area (TPSA) is 62.1 Å². The molecule has 0 unspecified atom stereocenters. The molecule has 0 aliphatic rings. The number of ether oxygens (including phenoxy) is 1. The van der Waals surface area contributed by atoms with E-state index in [2.05, 4.69) is 21.2 Å². The first-order chi connectivity index (χ1) is 14.5. The summed E-state index contributed by atoms with van der Waals surface area (Å²) in [6.07, 6.45) is 1.59. The number of amides is 1. The lowest BCUT2D eigenvalue weighted by Gasteiger charge is -2.10. The normalized spacial score (nSPS) is 10.9. The molecule has 0 aromatic heterocycles. The first-order valence-electron chi connectivity index (χ1n) is 9.12. The van der Waals surface area contributed by atoms with Crippen LogP contribution in [0.3, 0.4) is 0 Å². The van der Waals surface area contributed by atoms with Gasteiger partial charge in [0.2, 0.25) is 0 Å². The van der Waals surface area contributed by atoms with E-state index in [4.69, 9.17) is 4.74 Å². The lowest BCUT2D eigenvalue weighted by Crippen LogP contribution is -2.20. The Kier molecular flexibility index (Phi) is 6.99. The van der Waals surface area contributed by atoms with Gasteiger partial charge >= 0.3 is 0 Å². The van der Waals surface area contributed by atoms with E-state index >= 15 is 0 Å². The molecule has 6 heteroatoms. The number of aryl methyl sites for hydroxylation is 1. The minimum absolute atomic E-state index is 0.152. The van der Waals surface area contributed by atoms with Crippen molar-refractivity contribution in [3.8, 4) is 11.8 Å². The van der Waals surface area contributed by atoms with Gasteiger partial charge in [0.05, 0.1) is 16.1 Å². The van der Waals surface area contributed by atoms with Crippen molar-refractivity contribution in [2.75, 3.05) is 11.9 Å². The molecule has 150 valence electrons. The van der Waals surface area contributed by atoms with Crippen molar-refractivity contribution in [3.05, 3.63) is 93.7 Å². The molecule has 0 radical (unpaired) electrons. The number of hydrogen-bond donors (Lipinski definition) is 1. The molecule has 0 saturated carbocycles. The van der Waals surface area contributed by atoms with E-state index in [-0.39, 0.29) is 23.7 Å². The molecule has 0 saturated heterocycles. The van der Waals surface area contributed by atoms with Crippen LogP contribution in [0.2, 0.25) is 0 Å². The minimum Gasteiger partial charge on any atom is -0.483 e. The van der Waals surface area contributed by atoms with Gasteiger partial charge in [-0.15, -0.1) is 0 Å². The molecule has 1 amide bonds. The third-order valence-corrected chi connectivity index (χ3v) is 4.87. The fourth-order valence-electron chi connectivity index (χ4n) is 2.72. The molecule has 0 atom stereocenters. The van der Waals surface area contributed by atoms with Crippen molar-refractivity contribution in [1.29, 1.82) is 5.26 Å². The second kappa shape index (κ2) is 9.86. The van der Waals surface area contributed by atoms with Gasteiger partial charge in [0.15, 0.2) is 6.61 Å². The van der Waals surface area contributed by atoms with Gasteiger partial charge in [-0.3, -0.25) is 4.79 Å². The van der Waals surface area contributed by atoms with Crippen LogP contribution in [0.1, 0.15) is 16.7 Å². The van der Waals surface area contributed by atoms with Crippen LogP contribution >= 0.6 is 15.9 Å². The third kappa shape index (κ3) is 5.56. The zero-order chi connectivity index (χ0) is 21.5. The molecule has 1 N–H and O–H groups in total. The molecule has 3 aromatic rings. The van der Waals surface area contributed by atoms with Crippen molar-refractivity contribution >= 4 is 39.2 Å². The van der Waals surface area contributed by atoms with E-state index in [9.17, 15) is 14.4 Å². The van der Waals surface area contributed by atoms with E-state index in [1.54, 1.807) is 42.5 Å². The summed E-state index contributed by atoms with van der Waals surface area (Å²) in [5.74, 6) is -0.249. The number of anilines is 1. The van der Waals surface area contributed by atoms with Crippen LogP contribution < -0.4 is 10.1 Å². The van der Waals surface area contributed by atoms with E-state index in [0.717, 1.165) is 5.56 Å². The van der Waals surface area contributed by atoms with Crippen LogP contribution in [0.5, 0.6) is 5.75 Å². The largest absolute Gasteiger partial charge is 0.483 e. The number of carbonyl (C=O) groups excluding carboxylic acids is 1. The van der Waals surface area contributed by atoms with Crippen molar-refractivity contribution in [2.45, 2.75) is 6.92 Å². The van der Waals surface area contributed by atoms with Gasteiger partial charge in [0, 0.05) is 11.3 Å². The Hall–Kier alpha value is -3.43. The molecule has 0 aliphatic carbocycles. The third-order valence-electron chi connectivity index (χ3n) is 4.25. The molecule has 3 aromatic carbocycles. The van der Waals surface area contributed by atoms with Gasteiger partial charge in [-0.05, 0) is 64.8 Å². The number of allylic oxidation sites excluding steroid dienone is 1. The van der Waals surface area contributed by atoms with Gasteiger partial charge in [-0.25, -0.2) is 4.39 Å². The van der Waals surface area contributed by atoms with Gasteiger partial charge in [-0.2, -0.15) is 5.26 Å². The number of carbonyl (C=O) groups is 1. The summed E-state index contributed by atoms with van der Waals surface area (Å²) >= 11 is 3.41. The molecule has 3 rings (SSSR count). The second-order valence-electron chi connectivity index (χ2n) is 6.54. The number of benzene rings is 3. The lowest BCUT2D eigenvalue weighted by atomic mass is 10.0. The Labute approximate surface area is 182 Å². The molecule has 0 bridgehead atoms. The molecule has 0 fully saturated rings. The lowest BCUT2D eigenvalue weighted by molar-refractivity contribution is -0.118. The van der Waals surface area contributed by atoms with Gasteiger partial charge in [0.25, 0.3) is 5.91 Å². The monoisotopic (exact) mass is 464 g/mol. The summed E-state index contributed by atoms with van der Waals surface area (Å²) in [7, 11) is 0. The fraction of sp³-hybridized carbons (Fsp3) is 0.0833. The molecule has 30 heavy (non-hydrogen) atoms. The zero-order valence-corrected chi connectivity index (χ0v) is 17.7. The highest BCUT2D eigenvalue weighted by molar-refractivity contribution is 9.10. The average Bonchev–Trinajstić information content (AvgIpc) is 2.73. The fourth-order valence-corrected chi connectivity index (χ4v) is 3.23. The second-order valence-corrected chi connectivity index (χ2v) is 7.40. The van der Waals surface area contributed by atoms with Crippen molar-refractivity contribution < 1.29 is 13.9 Å². The standard InChI is InChI=1S/C24H18BrFN2O2/c1-16-6-9-19(10-7-16)28-24(29)15-30-23-11-8-17(13-21(23)25)12-18(14-27)20-4-2-3-5-22(20)26/h2-13H,15H2,1H3,(H,28,29)/b18-12-. The van der Waals surface area contributed by atoms with Crippen LogP contribution in [-0.2, 0) is 4.79 Å². The van der Waals surface area contributed by atoms with E-state index in [1.807, 2.05) is 37.3 Å². The maximum Gasteiger partial charge on any atom is 0.262 e. The quantitative estimate of drug-likeness (QED) is 0.360. The van der Waals surface area contributed by atoms with Crippen LogP contribution in [0.25, 0.3) is 11.6 Å². The Morgan fingerprint density at radius 1 is 1.17 bits per heavy atom. The SMILES string of the molecule is Cc1ccc(NC(=O)COc2ccc(/C=C(/C#N)c3ccccc3F)cc2Br)cc1. The van der Waals surface area contributed by atoms with Crippen LogP contribution in [0, 0.1) is 24.1 Å². The van der Waals surface area contributed by atoms with Gasteiger partial charge in [0.1, 0.15) is 11.6 Å². The summed E-state index contributed by atoms with van der Waals surface area (Å²) in [6, 6.07) is 20.8. The summed E-state index contributed by atoms with van der Waals surface area (Å²) in [6.45, 7) is 1.82. The first kappa shape index (κ1) is 21.3.